The molecule has 0 fully saturated rings. The van der Waals surface area contributed by atoms with Crippen LogP contribution in [0.5, 0.6) is 0 Å². The Kier molecular flexibility index (Phi) is 3.79. The highest BCUT2D eigenvalue weighted by Gasteiger charge is 1.98. The summed E-state index contributed by atoms with van der Waals surface area (Å²) in [6, 6.07) is 3.92. The summed E-state index contributed by atoms with van der Waals surface area (Å²) in [6.45, 7) is 5.95. The second kappa shape index (κ2) is 5.11. The highest BCUT2D eigenvalue weighted by molar-refractivity contribution is 5.55. The van der Waals surface area contributed by atoms with Crippen molar-refractivity contribution in [3.63, 3.8) is 0 Å². The zero-order chi connectivity index (χ0) is 10.4. The molecule has 0 saturated carbocycles. The van der Waals surface area contributed by atoms with Crippen molar-refractivity contribution in [2.24, 2.45) is 0 Å². The molecule has 2 aromatic heterocycles. The predicted molar refractivity (Wildman–Crippen MR) is 55.7 cm³/mol. The molecule has 2 aromatic rings. The number of H-pyrrole nitrogens is 1. The van der Waals surface area contributed by atoms with Gasteiger partial charge < -0.3 is 0 Å². The van der Waals surface area contributed by atoms with E-state index in [0.29, 0.717) is 0 Å². The predicted octanol–water partition coefficient (Wildman–Crippen LogP) is 2.20. The van der Waals surface area contributed by atoms with Gasteiger partial charge in [-0.2, -0.15) is 15.4 Å². The van der Waals surface area contributed by atoms with E-state index >= 15 is 0 Å². The molecule has 0 aliphatic heterocycles. The smallest absolute Gasteiger partial charge is 0.114 e. The van der Waals surface area contributed by atoms with Gasteiger partial charge in [-0.1, -0.05) is 13.8 Å². The van der Waals surface area contributed by atoms with Crippen LogP contribution in [0, 0.1) is 6.92 Å². The van der Waals surface area contributed by atoms with Crippen LogP contribution in [-0.2, 0) is 0 Å². The van der Waals surface area contributed by atoms with E-state index < -0.39 is 0 Å². The van der Waals surface area contributed by atoms with Crippen molar-refractivity contribution < 1.29 is 0 Å². The average molecular weight is 190 g/mol. The SMILES string of the molecule is CC.Cc1ccc(-c2cn[nH]n2)cn1. The molecule has 0 atom stereocenters. The van der Waals surface area contributed by atoms with Crippen LogP contribution in [0.25, 0.3) is 11.3 Å². The van der Waals surface area contributed by atoms with Gasteiger partial charge in [0, 0.05) is 17.5 Å². The van der Waals surface area contributed by atoms with Gasteiger partial charge in [0.05, 0.1) is 6.20 Å². The number of hydrogen-bond donors (Lipinski definition) is 1. The first-order valence-electron chi connectivity index (χ1n) is 4.65. The number of nitrogens with zero attached hydrogens (tertiary/aromatic N) is 3. The molecule has 0 radical (unpaired) electrons. The summed E-state index contributed by atoms with van der Waals surface area (Å²) >= 11 is 0. The van der Waals surface area contributed by atoms with E-state index in [9.17, 15) is 0 Å². The summed E-state index contributed by atoms with van der Waals surface area (Å²) in [5.74, 6) is 0. The minimum atomic E-state index is 0.822. The molecule has 0 aliphatic carbocycles. The molecule has 14 heavy (non-hydrogen) atoms. The van der Waals surface area contributed by atoms with Gasteiger partial charge in [-0.05, 0) is 19.1 Å². The van der Waals surface area contributed by atoms with E-state index in [2.05, 4.69) is 20.4 Å². The molecular weight excluding hydrogens is 176 g/mol. The summed E-state index contributed by atoms with van der Waals surface area (Å²) in [5.41, 5.74) is 2.80. The lowest BCUT2D eigenvalue weighted by Gasteiger charge is -1.94. The van der Waals surface area contributed by atoms with E-state index in [1.54, 1.807) is 12.4 Å². The van der Waals surface area contributed by atoms with Gasteiger partial charge in [0.15, 0.2) is 0 Å². The summed E-state index contributed by atoms with van der Waals surface area (Å²) in [4.78, 5) is 4.15. The van der Waals surface area contributed by atoms with Gasteiger partial charge in [0.1, 0.15) is 5.69 Å². The zero-order valence-electron chi connectivity index (χ0n) is 8.65. The molecule has 0 amide bonds. The minimum absolute atomic E-state index is 0.822. The lowest BCUT2D eigenvalue weighted by Crippen LogP contribution is -1.82. The first-order valence-corrected chi connectivity index (χ1v) is 4.65. The Morgan fingerprint density at radius 3 is 2.43 bits per heavy atom. The number of aryl methyl sites for hydroxylation is 1. The van der Waals surface area contributed by atoms with Crippen molar-refractivity contribution in [1.82, 2.24) is 20.4 Å². The maximum atomic E-state index is 4.15. The first-order chi connectivity index (χ1) is 6.86. The molecule has 4 heteroatoms. The number of aromatic nitrogens is 4. The third-order valence-corrected chi connectivity index (χ3v) is 1.62. The Morgan fingerprint density at radius 2 is 1.93 bits per heavy atom. The van der Waals surface area contributed by atoms with E-state index in [1.807, 2.05) is 32.9 Å². The first kappa shape index (κ1) is 10.4. The molecule has 4 nitrogen and oxygen atoms in total. The highest BCUT2D eigenvalue weighted by atomic mass is 15.3. The maximum absolute atomic E-state index is 4.15. The largest absolute Gasteiger partial charge is 0.261 e. The number of rotatable bonds is 1. The van der Waals surface area contributed by atoms with Crippen LogP contribution in [0.4, 0.5) is 0 Å². The Bertz CT molecular complexity index is 350. The minimum Gasteiger partial charge on any atom is -0.261 e. The van der Waals surface area contributed by atoms with Crippen LogP contribution >= 0.6 is 0 Å². The van der Waals surface area contributed by atoms with Crippen LogP contribution < -0.4 is 0 Å². The lowest BCUT2D eigenvalue weighted by molar-refractivity contribution is 0.942. The number of hydrogen-bond acceptors (Lipinski definition) is 3. The van der Waals surface area contributed by atoms with Gasteiger partial charge in [-0.25, -0.2) is 0 Å². The second-order valence-corrected chi connectivity index (χ2v) is 2.54. The molecule has 1 N–H and O–H groups in total. The number of aromatic amines is 1. The fraction of sp³-hybridized carbons (Fsp3) is 0.300. The van der Waals surface area contributed by atoms with E-state index in [4.69, 9.17) is 0 Å². The molecular formula is C10H14N4. The van der Waals surface area contributed by atoms with E-state index in [1.165, 1.54) is 0 Å². The fourth-order valence-corrected chi connectivity index (χ4v) is 0.960. The molecule has 2 heterocycles. The topological polar surface area (TPSA) is 54.5 Å². The van der Waals surface area contributed by atoms with Gasteiger partial charge in [0.2, 0.25) is 0 Å². The van der Waals surface area contributed by atoms with Crippen LogP contribution in [0.1, 0.15) is 19.5 Å². The number of pyridine rings is 1. The van der Waals surface area contributed by atoms with Crippen LogP contribution in [0.2, 0.25) is 0 Å². The highest BCUT2D eigenvalue weighted by Crippen LogP contribution is 2.12. The Morgan fingerprint density at radius 1 is 1.14 bits per heavy atom. The molecule has 0 aliphatic rings. The number of nitrogens with one attached hydrogen (secondary N) is 1. The Labute approximate surface area is 83.4 Å². The standard InChI is InChI=1S/C8H8N4.C2H6/c1-6-2-3-7(4-9-6)8-5-10-12-11-8;1-2/h2-5H,1H3,(H,10,11,12);1-2H3. The van der Waals surface area contributed by atoms with Crippen molar-refractivity contribution in [3.8, 4) is 11.3 Å². The summed E-state index contributed by atoms with van der Waals surface area (Å²) < 4.78 is 0. The molecule has 0 unspecified atom stereocenters. The van der Waals surface area contributed by atoms with Crippen molar-refractivity contribution in [2.45, 2.75) is 20.8 Å². The summed E-state index contributed by atoms with van der Waals surface area (Å²) in [6.07, 6.45) is 3.46. The summed E-state index contributed by atoms with van der Waals surface area (Å²) in [5, 5.41) is 10.2. The lowest BCUT2D eigenvalue weighted by atomic mass is 10.2. The molecule has 0 bridgehead atoms. The normalized spacial score (nSPS) is 9.07. The average Bonchev–Trinajstić information content (AvgIpc) is 2.75. The third kappa shape index (κ3) is 2.39. The van der Waals surface area contributed by atoms with Gasteiger partial charge in [0.25, 0.3) is 0 Å². The van der Waals surface area contributed by atoms with Crippen molar-refractivity contribution in [2.75, 3.05) is 0 Å². The molecule has 0 aromatic carbocycles. The van der Waals surface area contributed by atoms with Crippen molar-refractivity contribution in [3.05, 3.63) is 30.2 Å². The van der Waals surface area contributed by atoms with Gasteiger partial charge >= 0.3 is 0 Å². The molecule has 74 valence electrons. The van der Waals surface area contributed by atoms with Crippen molar-refractivity contribution >= 4 is 0 Å². The summed E-state index contributed by atoms with van der Waals surface area (Å²) in [7, 11) is 0. The van der Waals surface area contributed by atoms with Crippen LogP contribution in [0.15, 0.2) is 24.5 Å². The van der Waals surface area contributed by atoms with Crippen LogP contribution in [-0.4, -0.2) is 20.4 Å². The monoisotopic (exact) mass is 190 g/mol. The second-order valence-electron chi connectivity index (χ2n) is 2.54. The zero-order valence-corrected chi connectivity index (χ0v) is 8.65. The quantitative estimate of drug-likeness (QED) is 0.750. The maximum Gasteiger partial charge on any atom is 0.114 e. The van der Waals surface area contributed by atoms with Gasteiger partial charge in [-0.15, -0.1) is 0 Å². The molecule has 0 spiro atoms. The van der Waals surface area contributed by atoms with E-state index in [-0.39, 0.29) is 0 Å². The van der Waals surface area contributed by atoms with E-state index in [0.717, 1.165) is 17.0 Å². The Hall–Kier alpha value is -1.71. The fourth-order valence-electron chi connectivity index (χ4n) is 0.960. The Balaban J connectivity index is 0.000000461. The van der Waals surface area contributed by atoms with Gasteiger partial charge in [-0.3, -0.25) is 4.98 Å². The van der Waals surface area contributed by atoms with Crippen molar-refractivity contribution in [1.29, 1.82) is 0 Å². The molecule has 2 rings (SSSR count). The van der Waals surface area contributed by atoms with Crippen LogP contribution in [0.3, 0.4) is 0 Å². The third-order valence-electron chi connectivity index (χ3n) is 1.62. The molecule has 0 saturated heterocycles.